The van der Waals surface area contributed by atoms with Gasteiger partial charge in [0.25, 0.3) is 5.69 Å². The van der Waals surface area contributed by atoms with E-state index in [1.54, 1.807) is 6.92 Å². The number of nitrogens with one attached hydrogen (secondary N) is 2. The van der Waals surface area contributed by atoms with Crippen LogP contribution in [0.15, 0.2) is 24.3 Å². The van der Waals surface area contributed by atoms with Crippen LogP contribution in [0.4, 0.5) is 16.2 Å². The summed E-state index contributed by atoms with van der Waals surface area (Å²) in [5.41, 5.74) is -0.594. The fourth-order valence-corrected chi connectivity index (χ4v) is 1.31. The maximum atomic E-state index is 11.6. The smallest absolute Gasteiger partial charge is 0.319 e. The molecule has 0 aliphatic rings. The highest BCUT2D eigenvalue weighted by molar-refractivity contribution is 5.89. The molecule has 0 saturated heterocycles. The van der Waals surface area contributed by atoms with Crippen molar-refractivity contribution < 1.29 is 14.8 Å². The van der Waals surface area contributed by atoms with Gasteiger partial charge < -0.3 is 15.7 Å². The van der Waals surface area contributed by atoms with Crippen LogP contribution in [-0.4, -0.2) is 28.2 Å². The van der Waals surface area contributed by atoms with Crippen LogP contribution in [0.1, 0.15) is 20.8 Å². The number of nitrogens with zero attached hydrogens (tertiary/aromatic N) is 1. The summed E-state index contributed by atoms with van der Waals surface area (Å²) in [4.78, 5) is 21.6. The summed E-state index contributed by atoms with van der Waals surface area (Å²) in [6.07, 6.45) is 0. The minimum atomic E-state index is -0.993. The standard InChI is InChI=1S/C13H19N3O4/c1-9(2)13(3,18)8-14-12(17)15-10-4-6-11(7-5-10)16(19)20/h4-7,9,18H,8H2,1-3H3,(H2,14,15,17). The number of benzene rings is 1. The number of non-ortho nitro benzene ring substituents is 1. The second-order valence-corrected chi connectivity index (χ2v) is 5.12. The largest absolute Gasteiger partial charge is 0.388 e. The molecule has 0 aromatic heterocycles. The normalized spacial score (nSPS) is 13.7. The molecule has 0 heterocycles. The van der Waals surface area contributed by atoms with Gasteiger partial charge in [-0.15, -0.1) is 0 Å². The average molecular weight is 281 g/mol. The Kier molecular flexibility index (Phi) is 5.04. The van der Waals surface area contributed by atoms with Gasteiger partial charge in [-0.3, -0.25) is 10.1 Å². The fourth-order valence-electron chi connectivity index (χ4n) is 1.31. The fraction of sp³-hybridized carbons (Fsp3) is 0.462. The molecule has 110 valence electrons. The lowest BCUT2D eigenvalue weighted by Gasteiger charge is -2.27. The predicted molar refractivity (Wildman–Crippen MR) is 75.6 cm³/mol. The monoisotopic (exact) mass is 281 g/mol. The Morgan fingerprint density at radius 3 is 2.40 bits per heavy atom. The number of hydrogen-bond acceptors (Lipinski definition) is 4. The van der Waals surface area contributed by atoms with Gasteiger partial charge in [-0.2, -0.15) is 0 Å². The highest BCUT2D eigenvalue weighted by atomic mass is 16.6. The lowest BCUT2D eigenvalue weighted by atomic mass is 9.93. The van der Waals surface area contributed by atoms with E-state index < -0.39 is 16.6 Å². The van der Waals surface area contributed by atoms with Crippen molar-refractivity contribution in [3.8, 4) is 0 Å². The third-order valence-corrected chi connectivity index (χ3v) is 3.19. The van der Waals surface area contributed by atoms with Gasteiger partial charge in [-0.25, -0.2) is 4.79 Å². The van der Waals surface area contributed by atoms with Crippen molar-refractivity contribution in [2.24, 2.45) is 5.92 Å². The minimum absolute atomic E-state index is 0.00201. The number of nitro benzene ring substituents is 1. The summed E-state index contributed by atoms with van der Waals surface area (Å²) in [6.45, 7) is 5.47. The zero-order valence-corrected chi connectivity index (χ0v) is 11.7. The van der Waals surface area contributed by atoms with Gasteiger partial charge in [-0.1, -0.05) is 13.8 Å². The Bertz CT molecular complexity index is 483. The van der Waals surface area contributed by atoms with Crippen LogP contribution in [0.2, 0.25) is 0 Å². The first-order valence-corrected chi connectivity index (χ1v) is 6.24. The third kappa shape index (κ3) is 4.51. The van der Waals surface area contributed by atoms with E-state index in [-0.39, 0.29) is 18.2 Å². The van der Waals surface area contributed by atoms with E-state index in [1.807, 2.05) is 13.8 Å². The van der Waals surface area contributed by atoms with Crippen molar-refractivity contribution in [1.82, 2.24) is 5.32 Å². The molecular formula is C13H19N3O4. The molecule has 1 atom stereocenters. The molecule has 0 spiro atoms. The highest BCUT2D eigenvalue weighted by Crippen LogP contribution is 2.16. The zero-order chi connectivity index (χ0) is 15.3. The number of amides is 2. The van der Waals surface area contributed by atoms with Crippen molar-refractivity contribution in [2.75, 3.05) is 11.9 Å². The van der Waals surface area contributed by atoms with E-state index in [9.17, 15) is 20.0 Å². The molecule has 0 fully saturated rings. The van der Waals surface area contributed by atoms with Gasteiger partial charge in [0.2, 0.25) is 0 Å². The van der Waals surface area contributed by atoms with E-state index in [1.165, 1.54) is 24.3 Å². The molecule has 0 aliphatic heterocycles. The van der Waals surface area contributed by atoms with Crippen LogP contribution in [-0.2, 0) is 0 Å². The van der Waals surface area contributed by atoms with Crippen LogP contribution in [0, 0.1) is 16.0 Å². The average Bonchev–Trinajstić information content (AvgIpc) is 2.37. The van der Waals surface area contributed by atoms with Gasteiger partial charge in [0, 0.05) is 24.4 Å². The lowest BCUT2D eigenvalue weighted by molar-refractivity contribution is -0.384. The number of urea groups is 1. The van der Waals surface area contributed by atoms with Gasteiger partial charge >= 0.3 is 6.03 Å². The highest BCUT2D eigenvalue weighted by Gasteiger charge is 2.25. The van der Waals surface area contributed by atoms with E-state index in [2.05, 4.69) is 10.6 Å². The van der Waals surface area contributed by atoms with Crippen LogP contribution >= 0.6 is 0 Å². The molecule has 1 aromatic rings. The Morgan fingerprint density at radius 1 is 1.40 bits per heavy atom. The Hall–Kier alpha value is -2.15. The molecule has 3 N–H and O–H groups in total. The molecule has 7 heteroatoms. The predicted octanol–water partition coefficient (Wildman–Crippen LogP) is 2.12. The number of nitro groups is 1. The second kappa shape index (κ2) is 6.33. The quantitative estimate of drug-likeness (QED) is 0.568. The molecule has 0 aliphatic carbocycles. The summed E-state index contributed by atoms with van der Waals surface area (Å²) >= 11 is 0. The van der Waals surface area contributed by atoms with Crippen molar-refractivity contribution in [1.29, 1.82) is 0 Å². The Balaban J connectivity index is 2.52. The molecule has 0 radical (unpaired) electrons. The van der Waals surface area contributed by atoms with Crippen LogP contribution in [0.5, 0.6) is 0 Å². The summed E-state index contributed by atoms with van der Waals surface area (Å²) in [5.74, 6) is 0.00201. The molecule has 0 bridgehead atoms. The second-order valence-electron chi connectivity index (χ2n) is 5.12. The van der Waals surface area contributed by atoms with Crippen molar-refractivity contribution >= 4 is 17.4 Å². The molecular weight excluding hydrogens is 262 g/mol. The van der Waals surface area contributed by atoms with Gasteiger partial charge in [-0.05, 0) is 25.0 Å². The van der Waals surface area contributed by atoms with Crippen molar-refractivity contribution in [3.63, 3.8) is 0 Å². The first-order valence-electron chi connectivity index (χ1n) is 6.24. The summed E-state index contributed by atoms with van der Waals surface area (Å²) < 4.78 is 0. The van der Waals surface area contributed by atoms with Gasteiger partial charge in [0.05, 0.1) is 10.5 Å². The Labute approximate surface area is 117 Å². The zero-order valence-electron chi connectivity index (χ0n) is 11.7. The molecule has 7 nitrogen and oxygen atoms in total. The number of hydrogen-bond donors (Lipinski definition) is 3. The lowest BCUT2D eigenvalue weighted by Crippen LogP contribution is -2.45. The van der Waals surface area contributed by atoms with Crippen LogP contribution in [0.25, 0.3) is 0 Å². The topological polar surface area (TPSA) is 104 Å². The van der Waals surface area contributed by atoms with E-state index in [0.29, 0.717) is 5.69 Å². The minimum Gasteiger partial charge on any atom is -0.388 e. The SMILES string of the molecule is CC(C)C(C)(O)CNC(=O)Nc1ccc([N+](=O)[O-])cc1. The number of anilines is 1. The summed E-state index contributed by atoms with van der Waals surface area (Å²) in [7, 11) is 0. The maximum Gasteiger partial charge on any atom is 0.319 e. The molecule has 0 saturated carbocycles. The first-order chi connectivity index (χ1) is 9.22. The molecule has 2 amide bonds. The van der Waals surface area contributed by atoms with Gasteiger partial charge in [0.1, 0.15) is 0 Å². The molecule has 1 rings (SSSR count). The first kappa shape index (κ1) is 15.9. The summed E-state index contributed by atoms with van der Waals surface area (Å²) in [6, 6.07) is 5.02. The third-order valence-electron chi connectivity index (χ3n) is 3.19. The van der Waals surface area contributed by atoms with Crippen molar-refractivity contribution in [2.45, 2.75) is 26.4 Å². The number of aliphatic hydroxyl groups is 1. The Morgan fingerprint density at radius 2 is 1.95 bits per heavy atom. The van der Waals surface area contributed by atoms with Crippen LogP contribution in [0.3, 0.4) is 0 Å². The molecule has 20 heavy (non-hydrogen) atoms. The van der Waals surface area contributed by atoms with E-state index in [0.717, 1.165) is 0 Å². The number of carbonyl (C=O) groups is 1. The van der Waals surface area contributed by atoms with E-state index >= 15 is 0 Å². The molecule has 1 unspecified atom stereocenters. The number of carbonyl (C=O) groups excluding carboxylic acids is 1. The molecule has 1 aromatic carbocycles. The van der Waals surface area contributed by atoms with Crippen molar-refractivity contribution in [3.05, 3.63) is 34.4 Å². The van der Waals surface area contributed by atoms with Gasteiger partial charge in [0.15, 0.2) is 0 Å². The summed E-state index contributed by atoms with van der Waals surface area (Å²) in [5, 5.41) is 25.6. The number of rotatable bonds is 5. The van der Waals surface area contributed by atoms with Crippen LogP contribution < -0.4 is 10.6 Å². The maximum absolute atomic E-state index is 11.6. The van der Waals surface area contributed by atoms with E-state index in [4.69, 9.17) is 0 Å².